The first-order valence-corrected chi connectivity index (χ1v) is 10.2. The number of aromatic nitrogens is 4. The van der Waals surface area contributed by atoms with Crippen LogP contribution in [0.2, 0.25) is 10.0 Å². The predicted molar refractivity (Wildman–Crippen MR) is 130 cm³/mol. The van der Waals surface area contributed by atoms with E-state index in [-0.39, 0.29) is 18.1 Å². The number of fused-ring (bicyclic) bond motifs is 1. The van der Waals surface area contributed by atoms with Crippen molar-refractivity contribution >= 4 is 58.7 Å². The molecule has 9 nitrogen and oxygen atoms in total. The van der Waals surface area contributed by atoms with Gasteiger partial charge >= 0.3 is 0 Å². The molecular weight excluding hydrogens is 487 g/mol. The zero-order valence-corrected chi connectivity index (χ0v) is 19.2. The summed E-state index contributed by atoms with van der Waals surface area (Å²) in [5.74, 6) is 0.508. The molecule has 0 bridgehead atoms. The molecule has 0 radical (unpaired) electrons. The number of amides is 1. The molecule has 0 aliphatic carbocycles. The molecule has 168 valence electrons. The minimum absolute atomic E-state index is 0. The number of benzene rings is 1. The number of rotatable bonds is 7. The highest BCUT2D eigenvalue weighted by Gasteiger charge is 2.15. The van der Waals surface area contributed by atoms with Gasteiger partial charge in [0.15, 0.2) is 11.5 Å². The van der Waals surface area contributed by atoms with E-state index in [1.165, 1.54) is 10.7 Å². The predicted octanol–water partition coefficient (Wildman–Crippen LogP) is 4.01. The molecule has 3 heterocycles. The highest BCUT2D eigenvalue weighted by molar-refractivity contribution is 6.36. The Morgan fingerprint density at radius 3 is 2.61 bits per heavy atom. The van der Waals surface area contributed by atoms with Crippen LogP contribution in [-0.2, 0) is 0 Å². The van der Waals surface area contributed by atoms with E-state index in [0.717, 1.165) is 0 Å². The lowest BCUT2D eigenvalue weighted by Crippen LogP contribution is -2.15. The van der Waals surface area contributed by atoms with Crippen LogP contribution in [0, 0.1) is 11.3 Å². The van der Waals surface area contributed by atoms with Crippen LogP contribution in [0.25, 0.3) is 16.8 Å². The Morgan fingerprint density at radius 2 is 1.94 bits per heavy atom. The van der Waals surface area contributed by atoms with E-state index in [1.807, 2.05) is 6.07 Å². The average molecular weight is 504 g/mol. The fourth-order valence-corrected chi connectivity index (χ4v) is 3.51. The van der Waals surface area contributed by atoms with Crippen molar-refractivity contribution in [3.63, 3.8) is 0 Å². The van der Waals surface area contributed by atoms with Crippen molar-refractivity contribution in [1.29, 1.82) is 5.26 Å². The van der Waals surface area contributed by atoms with E-state index in [9.17, 15) is 4.79 Å². The average Bonchev–Trinajstić information content (AvgIpc) is 3.22. The number of nitrogens with one attached hydrogen (secondary N) is 2. The number of carbonyl (C=O) groups excluding carboxylic acids is 1. The van der Waals surface area contributed by atoms with E-state index >= 15 is 0 Å². The zero-order chi connectivity index (χ0) is 22.7. The molecule has 1 aromatic carbocycles. The smallest absolute Gasteiger partial charge is 0.269 e. The number of nitriles is 1. The third-order valence-corrected chi connectivity index (χ3v) is 5.08. The van der Waals surface area contributed by atoms with Gasteiger partial charge in [-0.2, -0.15) is 10.4 Å². The molecule has 4 aromatic rings. The molecule has 4 rings (SSSR count). The number of nitrogens with two attached hydrogens (primary N) is 1. The van der Waals surface area contributed by atoms with Crippen molar-refractivity contribution in [1.82, 2.24) is 19.6 Å². The van der Waals surface area contributed by atoms with E-state index in [1.54, 1.807) is 42.6 Å². The molecule has 0 fully saturated rings. The Bertz CT molecular complexity index is 1350. The molecule has 1 amide bonds. The van der Waals surface area contributed by atoms with Gasteiger partial charge in [0.1, 0.15) is 17.4 Å². The zero-order valence-electron chi connectivity index (χ0n) is 16.9. The van der Waals surface area contributed by atoms with Gasteiger partial charge in [-0.1, -0.05) is 23.2 Å². The Balaban J connectivity index is 0.00000306. The third-order valence-electron chi connectivity index (χ3n) is 4.53. The molecule has 0 unspecified atom stereocenters. The van der Waals surface area contributed by atoms with Gasteiger partial charge in [-0.15, -0.1) is 12.4 Å². The SMILES string of the molecule is Cl.N#Cc1ccc(NCCNc2nc(-c3ccc(Cl)cc3Cl)cn3nc(C(N)=O)cc23)nc1. The van der Waals surface area contributed by atoms with Crippen LogP contribution in [0.3, 0.4) is 0 Å². The van der Waals surface area contributed by atoms with Crippen LogP contribution in [0.4, 0.5) is 11.6 Å². The van der Waals surface area contributed by atoms with Gasteiger partial charge in [-0.05, 0) is 30.3 Å². The van der Waals surface area contributed by atoms with Gasteiger partial charge in [-0.3, -0.25) is 4.79 Å². The molecule has 4 N–H and O–H groups in total. The van der Waals surface area contributed by atoms with Gasteiger partial charge in [0.2, 0.25) is 0 Å². The van der Waals surface area contributed by atoms with Crippen molar-refractivity contribution in [2.24, 2.45) is 5.73 Å². The lowest BCUT2D eigenvalue weighted by atomic mass is 10.1. The standard InChI is InChI=1S/C21H16Cl2N8O.ClH/c22-13-2-3-14(15(23)7-13)17-11-31-18(8-16(30-31)20(25)32)21(29-17)27-6-5-26-19-4-1-12(9-24)10-28-19;/h1-4,7-8,10-11H,5-6H2,(H2,25,32)(H,26,28)(H,27,29);1H. The summed E-state index contributed by atoms with van der Waals surface area (Å²) in [5, 5.41) is 20.4. The lowest BCUT2D eigenvalue weighted by Gasteiger charge is -2.12. The van der Waals surface area contributed by atoms with Crippen LogP contribution in [-0.4, -0.2) is 38.6 Å². The summed E-state index contributed by atoms with van der Waals surface area (Å²) in [6.45, 7) is 1.01. The molecule has 0 aliphatic heterocycles. The number of hydrogen-bond donors (Lipinski definition) is 3. The quantitative estimate of drug-likeness (QED) is 0.324. The number of carbonyl (C=O) groups is 1. The summed E-state index contributed by atoms with van der Waals surface area (Å²) in [6.07, 6.45) is 3.17. The maximum Gasteiger partial charge on any atom is 0.269 e. The fourth-order valence-electron chi connectivity index (χ4n) is 3.01. The fraction of sp³-hybridized carbons (Fsp3) is 0.0952. The van der Waals surface area contributed by atoms with Crippen molar-refractivity contribution in [2.45, 2.75) is 0 Å². The number of primary amides is 1. The molecular formula is C21H17Cl3N8O. The van der Waals surface area contributed by atoms with E-state index in [2.05, 4.69) is 25.7 Å². The van der Waals surface area contributed by atoms with Crippen molar-refractivity contribution < 1.29 is 4.79 Å². The van der Waals surface area contributed by atoms with Gasteiger partial charge in [0.25, 0.3) is 5.91 Å². The Labute approximate surface area is 205 Å². The first-order chi connectivity index (χ1) is 15.4. The van der Waals surface area contributed by atoms with Gasteiger partial charge in [-0.25, -0.2) is 14.5 Å². The largest absolute Gasteiger partial charge is 0.368 e. The van der Waals surface area contributed by atoms with Crippen molar-refractivity contribution in [3.8, 4) is 17.3 Å². The van der Waals surface area contributed by atoms with Gasteiger partial charge in [0.05, 0.1) is 22.5 Å². The summed E-state index contributed by atoms with van der Waals surface area (Å²) in [5.41, 5.74) is 7.80. The summed E-state index contributed by atoms with van der Waals surface area (Å²) >= 11 is 12.4. The second kappa shape index (κ2) is 10.4. The van der Waals surface area contributed by atoms with Crippen molar-refractivity contribution in [3.05, 3.63) is 70.1 Å². The minimum Gasteiger partial charge on any atom is -0.368 e. The molecule has 12 heteroatoms. The number of halogens is 3. The van der Waals surface area contributed by atoms with Crippen LogP contribution in [0.1, 0.15) is 16.1 Å². The molecule has 0 aliphatic rings. The summed E-state index contributed by atoms with van der Waals surface area (Å²) in [4.78, 5) is 20.5. The Kier molecular flexibility index (Phi) is 7.55. The second-order valence-corrected chi connectivity index (χ2v) is 7.56. The molecule has 0 spiro atoms. The van der Waals surface area contributed by atoms with E-state index < -0.39 is 5.91 Å². The summed E-state index contributed by atoms with van der Waals surface area (Å²) in [6, 6.07) is 12.1. The van der Waals surface area contributed by atoms with Crippen LogP contribution in [0.15, 0.2) is 48.8 Å². The van der Waals surface area contributed by atoms with E-state index in [0.29, 0.717) is 57.1 Å². The molecule has 3 aromatic heterocycles. The monoisotopic (exact) mass is 502 g/mol. The maximum atomic E-state index is 11.6. The van der Waals surface area contributed by atoms with E-state index in [4.69, 9.17) is 34.2 Å². The lowest BCUT2D eigenvalue weighted by molar-refractivity contribution is 0.0995. The van der Waals surface area contributed by atoms with Crippen LogP contribution >= 0.6 is 35.6 Å². The number of pyridine rings is 1. The number of anilines is 2. The Hall–Kier alpha value is -3.58. The molecule has 0 saturated heterocycles. The van der Waals surface area contributed by atoms with Gasteiger partial charge in [0, 0.05) is 35.9 Å². The summed E-state index contributed by atoms with van der Waals surface area (Å²) in [7, 11) is 0. The first-order valence-electron chi connectivity index (χ1n) is 9.44. The second-order valence-electron chi connectivity index (χ2n) is 6.72. The molecule has 0 saturated carbocycles. The van der Waals surface area contributed by atoms with Crippen molar-refractivity contribution in [2.75, 3.05) is 23.7 Å². The number of nitrogens with zero attached hydrogens (tertiary/aromatic N) is 5. The van der Waals surface area contributed by atoms with Gasteiger partial charge < -0.3 is 16.4 Å². The van der Waals surface area contributed by atoms with Crippen LogP contribution in [0.5, 0.6) is 0 Å². The maximum absolute atomic E-state index is 11.6. The van der Waals surface area contributed by atoms with Crippen LogP contribution < -0.4 is 16.4 Å². The highest BCUT2D eigenvalue weighted by atomic mass is 35.5. The third kappa shape index (κ3) is 5.43. The Morgan fingerprint density at radius 1 is 1.15 bits per heavy atom. The normalized spacial score (nSPS) is 10.3. The minimum atomic E-state index is -0.640. The number of hydrogen-bond acceptors (Lipinski definition) is 7. The first kappa shape index (κ1) is 24.1. The molecule has 0 atom stereocenters. The summed E-state index contributed by atoms with van der Waals surface area (Å²) < 4.78 is 1.53. The molecule has 33 heavy (non-hydrogen) atoms. The topological polar surface area (TPSA) is 134 Å². The highest BCUT2D eigenvalue weighted by Crippen LogP contribution is 2.31.